The smallest absolute Gasteiger partial charge is 0.258 e. The zero-order valence-electron chi connectivity index (χ0n) is 19.0. The van der Waals surface area contributed by atoms with Crippen LogP contribution in [0.3, 0.4) is 0 Å². The van der Waals surface area contributed by atoms with Crippen molar-refractivity contribution in [1.82, 2.24) is 15.4 Å². The predicted molar refractivity (Wildman–Crippen MR) is 125 cm³/mol. The first kappa shape index (κ1) is 21.4. The van der Waals surface area contributed by atoms with Crippen LogP contribution in [0.5, 0.6) is 0 Å². The predicted octanol–water partition coefficient (Wildman–Crippen LogP) is 3.71. The van der Waals surface area contributed by atoms with Crippen LogP contribution in [0.15, 0.2) is 59.1 Å². The Balaban J connectivity index is 1.36. The van der Waals surface area contributed by atoms with Crippen LogP contribution < -0.4 is 10.2 Å². The van der Waals surface area contributed by atoms with Gasteiger partial charge in [0.1, 0.15) is 11.3 Å². The maximum atomic E-state index is 13.4. The molecule has 0 saturated carbocycles. The van der Waals surface area contributed by atoms with Crippen molar-refractivity contribution in [3.05, 3.63) is 82.7 Å². The second-order valence-electron chi connectivity index (χ2n) is 8.88. The molecule has 1 aromatic heterocycles. The fraction of sp³-hybridized carbons (Fsp3) is 0.346. The summed E-state index contributed by atoms with van der Waals surface area (Å²) in [6.07, 6.45) is 1.96. The highest BCUT2D eigenvalue weighted by molar-refractivity contribution is 6.06. The first-order valence-corrected chi connectivity index (χ1v) is 11.4. The Bertz CT molecular complexity index is 1150. The van der Waals surface area contributed by atoms with Gasteiger partial charge in [0.15, 0.2) is 0 Å². The zero-order chi connectivity index (χ0) is 22.9. The number of carbonyl (C=O) groups excluding carboxylic acids is 2. The molecule has 1 saturated heterocycles. The Morgan fingerprint density at radius 2 is 1.82 bits per heavy atom. The number of anilines is 1. The highest BCUT2D eigenvalue weighted by Gasteiger charge is 2.39. The number of aryl methyl sites for hydroxylation is 2. The van der Waals surface area contributed by atoms with E-state index in [1.165, 1.54) is 0 Å². The van der Waals surface area contributed by atoms with Crippen LogP contribution in [0.1, 0.15) is 50.6 Å². The van der Waals surface area contributed by atoms with Gasteiger partial charge in [-0.15, -0.1) is 0 Å². The molecule has 3 heterocycles. The fourth-order valence-corrected chi connectivity index (χ4v) is 5.14. The van der Waals surface area contributed by atoms with Crippen molar-refractivity contribution in [1.29, 1.82) is 0 Å². The SMILES string of the molecule is Cc1noc(C)c1C(=O)NC[C@@H]1CC[C@@H]2CN(C(=O)c3ccccc3)c3ccccc3CN21. The molecule has 0 radical (unpaired) electrons. The number of rotatable bonds is 4. The minimum Gasteiger partial charge on any atom is -0.361 e. The number of benzene rings is 2. The van der Waals surface area contributed by atoms with Crippen molar-refractivity contribution >= 4 is 17.5 Å². The summed E-state index contributed by atoms with van der Waals surface area (Å²) in [6.45, 7) is 5.48. The summed E-state index contributed by atoms with van der Waals surface area (Å²) in [5.41, 5.74) is 3.92. The van der Waals surface area contributed by atoms with E-state index in [0.29, 0.717) is 35.7 Å². The van der Waals surface area contributed by atoms with E-state index in [1.54, 1.807) is 13.8 Å². The molecule has 7 heteroatoms. The van der Waals surface area contributed by atoms with Crippen LogP contribution in [0, 0.1) is 13.8 Å². The van der Waals surface area contributed by atoms with Gasteiger partial charge in [-0.05, 0) is 50.5 Å². The molecule has 7 nitrogen and oxygen atoms in total. The first-order chi connectivity index (χ1) is 16.0. The Kier molecular flexibility index (Phi) is 5.72. The third kappa shape index (κ3) is 4.04. The molecule has 33 heavy (non-hydrogen) atoms. The van der Waals surface area contributed by atoms with Crippen molar-refractivity contribution in [3.8, 4) is 0 Å². The molecule has 2 amide bonds. The molecule has 5 rings (SSSR count). The molecule has 2 atom stereocenters. The second-order valence-corrected chi connectivity index (χ2v) is 8.88. The number of hydrogen-bond acceptors (Lipinski definition) is 5. The van der Waals surface area contributed by atoms with E-state index in [4.69, 9.17) is 4.52 Å². The molecule has 0 unspecified atom stereocenters. The molecule has 2 aliphatic heterocycles. The summed E-state index contributed by atoms with van der Waals surface area (Å²) in [4.78, 5) is 30.6. The van der Waals surface area contributed by atoms with Crippen LogP contribution in [0.4, 0.5) is 5.69 Å². The zero-order valence-corrected chi connectivity index (χ0v) is 19.0. The summed E-state index contributed by atoms with van der Waals surface area (Å²) in [6, 6.07) is 18.1. The summed E-state index contributed by atoms with van der Waals surface area (Å²) in [7, 11) is 0. The van der Waals surface area contributed by atoms with E-state index in [9.17, 15) is 9.59 Å². The van der Waals surface area contributed by atoms with Gasteiger partial charge in [0.25, 0.3) is 11.8 Å². The van der Waals surface area contributed by atoms with E-state index in [1.807, 2.05) is 53.4 Å². The monoisotopic (exact) mass is 444 g/mol. The molecule has 170 valence electrons. The number of nitrogens with one attached hydrogen (secondary N) is 1. The number of hydrogen-bond donors (Lipinski definition) is 1. The lowest BCUT2D eigenvalue weighted by atomic mass is 10.1. The van der Waals surface area contributed by atoms with E-state index < -0.39 is 0 Å². The Hall–Kier alpha value is -3.45. The lowest BCUT2D eigenvalue weighted by molar-refractivity contribution is 0.0932. The van der Waals surface area contributed by atoms with E-state index >= 15 is 0 Å². The van der Waals surface area contributed by atoms with Gasteiger partial charge in [-0.25, -0.2) is 0 Å². The third-order valence-corrected chi connectivity index (χ3v) is 6.82. The van der Waals surface area contributed by atoms with Crippen molar-refractivity contribution in [2.45, 2.75) is 45.3 Å². The van der Waals surface area contributed by atoms with Gasteiger partial charge in [-0.3, -0.25) is 14.5 Å². The molecule has 0 aliphatic carbocycles. The lowest BCUT2D eigenvalue weighted by Crippen LogP contribution is -2.46. The Morgan fingerprint density at radius 1 is 1.06 bits per heavy atom. The summed E-state index contributed by atoms with van der Waals surface area (Å²) >= 11 is 0. The minimum atomic E-state index is -0.147. The van der Waals surface area contributed by atoms with Crippen LogP contribution in [0.2, 0.25) is 0 Å². The van der Waals surface area contributed by atoms with Gasteiger partial charge in [0.05, 0.1) is 5.69 Å². The first-order valence-electron chi connectivity index (χ1n) is 11.4. The van der Waals surface area contributed by atoms with Crippen molar-refractivity contribution < 1.29 is 14.1 Å². The van der Waals surface area contributed by atoms with Crippen molar-refractivity contribution in [2.75, 3.05) is 18.0 Å². The van der Waals surface area contributed by atoms with Gasteiger partial charge >= 0.3 is 0 Å². The van der Waals surface area contributed by atoms with Crippen molar-refractivity contribution in [3.63, 3.8) is 0 Å². The van der Waals surface area contributed by atoms with Crippen LogP contribution in [-0.4, -0.2) is 47.0 Å². The topological polar surface area (TPSA) is 78.7 Å². The number of amides is 2. The normalized spacial score (nSPS) is 20.1. The Morgan fingerprint density at radius 3 is 2.58 bits per heavy atom. The van der Waals surface area contributed by atoms with Gasteiger partial charge in [0, 0.05) is 43.0 Å². The van der Waals surface area contributed by atoms with E-state index in [0.717, 1.165) is 30.6 Å². The maximum Gasteiger partial charge on any atom is 0.258 e. The highest BCUT2D eigenvalue weighted by atomic mass is 16.5. The van der Waals surface area contributed by atoms with Crippen LogP contribution >= 0.6 is 0 Å². The van der Waals surface area contributed by atoms with Gasteiger partial charge in [0.2, 0.25) is 0 Å². The van der Waals surface area contributed by atoms with Crippen LogP contribution in [-0.2, 0) is 6.54 Å². The van der Waals surface area contributed by atoms with Gasteiger partial charge in [-0.2, -0.15) is 0 Å². The summed E-state index contributed by atoms with van der Waals surface area (Å²) in [5, 5.41) is 6.97. The third-order valence-electron chi connectivity index (χ3n) is 6.82. The average molecular weight is 445 g/mol. The van der Waals surface area contributed by atoms with E-state index in [-0.39, 0.29) is 23.9 Å². The number of aromatic nitrogens is 1. The van der Waals surface area contributed by atoms with Crippen molar-refractivity contribution in [2.24, 2.45) is 0 Å². The van der Waals surface area contributed by atoms with Gasteiger partial charge < -0.3 is 14.7 Å². The quantitative estimate of drug-likeness (QED) is 0.664. The molecule has 3 aromatic rings. The number of para-hydroxylation sites is 1. The number of fused-ring (bicyclic) bond motifs is 2. The summed E-state index contributed by atoms with van der Waals surface area (Å²) in [5.74, 6) is 0.416. The Labute approximate surface area is 193 Å². The average Bonchev–Trinajstić information content (AvgIpc) is 3.32. The maximum absolute atomic E-state index is 13.4. The molecule has 2 aromatic carbocycles. The number of carbonyl (C=O) groups is 2. The molecule has 0 spiro atoms. The molecule has 1 fully saturated rings. The molecular formula is C26H28N4O3. The second kappa shape index (κ2) is 8.83. The van der Waals surface area contributed by atoms with E-state index in [2.05, 4.69) is 21.4 Å². The standard InChI is InChI=1S/C26H28N4O3/c1-17-24(18(2)33-28-17)25(31)27-14-21-12-13-22-16-30(26(32)19-8-4-3-5-9-19)23-11-7-6-10-20(23)15-29(21)22/h3-11,21-22H,12-16H2,1-2H3,(H,27,31)/t21-,22+/m0/s1. The molecule has 0 bridgehead atoms. The highest BCUT2D eigenvalue weighted by Crippen LogP contribution is 2.35. The summed E-state index contributed by atoms with van der Waals surface area (Å²) < 4.78 is 5.14. The van der Waals surface area contributed by atoms with Gasteiger partial charge in [-0.1, -0.05) is 41.6 Å². The largest absolute Gasteiger partial charge is 0.361 e. The minimum absolute atomic E-state index is 0.0278. The fourth-order valence-electron chi connectivity index (χ4n) is 5.14. The lowest BCUT2D eigenvalue weighted by Gasteiger charge is -2.29. The van der Waals surface area contributed by atoms with Crippen LogP contribution in [0.25, 0.3) is 0 Å². The number of nitrogens with zero attached hydrogens (tertiary/aromatic N) is 3. The molecule has 1 N–H and O–H groups in total. The molecule has 2 aliphatic rings. The molecular weight excluding hydrogens is 416 g/mol.